The quantitative estimate of drug-likeness (QED) is 0.780. The first-order valence-corrected chi connectivity index (χ1v) is 6.52. The number of fused-ring (bicyclic) bond motifs is 1. The second-order valence-corrected chi connectivity index (χ2v) is 5.02. The Morgan fingerprint density at radius 1 is 1.45 bits per heavy atom. The van der Waals surface area contributed by atoms with E-state index in [0.29, 0.717) is 37.6 Å². The van der Waals surface area contributed by atoms with Gasteiger partial charge in [-0.15, -0.1) is 0 Å². The Hall–Kier alpha value is -2.18. The van der Waals surface area contributed by atoms with E-state index in [0.717, 1.165) is 0 Å². The first-order chi connectivity index (χ1) is 9.60. The summed E-state index contributed by atoms with van der Waals surface area (Å²) in [4.78, 5) is 15.3. The molecule has 7 heteroatoms. The molecule has 20 heavy (non-hydrogen) atoms. The predicted octanol–water partition coefficient (Wildman–Crippen LogP) is 0.630. The first kappa shape index (κ1) is 12.8. The van der Waals surface area contributed by atoms with Crippen LogP contribution >= 0.6 is 0 Å². The van der Waals surface area contributed by atoms with Gasteiger partial charge >= 0.3 is 6.03 Å². The molecule has 2 aliphatic rings. The average molecular weight is 280 g/mol. The zero-order valence-electron chi connectivity index (χ0n) is 11.2. The van der Waals surface area contributed by atoms with Gasteiger partial charge in [-0.25, -0.2) is 9.18 Å². The number of carbonyl (C=O) groups is 1. The van der Waals surface area contributed by atoms with Gasteiger partial charge in [0.2, 0.25) is 0 Å². The second-order valence-electron chi connectivity index (χ2n) is 5.02. The Morgan fingerprint density at radius 3 is 3.00 bits per heavy atom. The SMILES string of the molecule is COc1cc(N2CCN3C(=O)NCC3C2)c(F)cc1N. The summed E-state index contributed by atoms with van der Waals surface area (Å²) in [6, 6.07) is 2.94. The number of nitrogens with zero attached hydrogens (tertiary/aromatic N) is 2. The van der Waals surface area contributed by atoms with E-state index in [9.17, 15) is 9.18 Å². The van der Waals surface area contributed by atoms with E-state index in [1.807, 2.05) is 4.90 Å². The third-order valence-electron chi connectivity index (χ3n) is 3.87. The van der Waals surface area contributed by atoms with E-state index in [-0.39, 0.29) is 23.6 Å². The van der Waals surface area contributed by atoms with Crippen molar-refractivity contribution in [1.29, 1.82) is 0 Å². The molecule has 2 amide bonds. The molecule has 0 bridgehead atoms. The third-order valence-corrected chi connectivity index (χ3v) is 3.87. The standard InChI is InChI=1S/C13H17FN4O2/c1-20-12-5-11(9(14)4-10(12)15)17-2-3-18-8(7-17)6-16-13(18)19/h4-5,8H,2-3,6-7,15H2,1H3,(H,16,19). The number of anilines is 2. The van der Waals surface area contributed by atoms with Gasteiger partial charge in [-0.05, 0) is 0 Å². The van der Waals surface area contributed by atoms with E-state index >= 15 is 0 Å². The molecule has 2 heterocycles. The molecule has 108 valence electrons. The topological polar surface area (TPSA) is 70.8 Å². The zero-order chi connectivity index (χ0) is 14.3. The number of methoxy groups -OCH3 is 1. The minimum atomic E-state index is -0.367. The maximum atomic E-state index is 14.1. The van der Waals surface area contributed by atoms with Crippen molar-refractivity contribution in [1.82, 2.24) is 10.2 Å². The van der Waals surface area contributed by atoms with Crippen molar-refractivity contribution in [3.8, 4) is 5.75 Å². The molecule has 3 N–H and O–H groups in total. The number of nitrogens with two attached hydrogens (primary N) is 1. The number of hydrogen-bond acceptors (Lipinski definition) is 4. The smallest absolute Gasteiger partial charge is 0.317 e. The number of urea groups is 1. The summed E-state index contributed by atoms with van der Waals surface area (Å²) in [6.07, 6.45) is 0. The predicted molar refractivity (Wildman–Crippen MR) is 73.5 cm³/mol. The Balaban J connectivity index is 1.85. The van der Waals surface area contributed by atoms with Crippen molar-refractivity contribution in [3.05, 3.63) is 17.9 Å². The lowest BCUT2D eigenvalue weighted by molar-refractivity contribution is 0.197. The molecular formula is C13H17FN4O2. The van der Waals surface area contributed by atoms with Gasteiger partial charge in [-0.3, -0.25) is 0 Å². The van der Waals surface area contributed by atoms with Crippen LogP contribution in [0.1, 0.15) is 0 Å². The number of carbonyl (C=O) groups excluding carboxylic acids is 1. The van der Waals surface area contributed by atoms with Crippen molar-refractivity contribution in [2.24, 2.45) is 0 Å². The van der Waals surface area contributed by atoms with Crippen LogP contribution in [-0.2, 0) is 0 Å². The molecule has 1 aromatic rings. The van der Waals surface area contributed by atoms with E-state index < -0.39 is 0 Å². The average Bonchev–Trinajstić information content (AvgIpc) is 2.80. The Labute approximate surface area is 116 Å². The number of benzene rings is 1. The van der Waals surface area contributed by atoms with Gasteiger partial charge in [-0.1, -0.05) is 0 Å². The van der Waals surface area contributed by atoms with Gasteiger partial charge in [0.1, 0.15) is 11.6 Å². The van der Waals surface area contributed by atoms with Crippen LogP contribution in [0.2, 0.25) is 0 Å². The summed E-state index contributed by atoms with van der Waals surface area (Å²) in [5, 5.41) is 2.80. The molecule has 0 radical (unpaired) electrons. The van der Waals surface area contributed by atoms with Crippen LogP contribution in [0.3, 0.4) is 0 Å². The molecule has 2 aliphatic heterocycles. The number of hydrogen-bond donors (Lipinski definition) is 2. The molecule has 0 spiro atoms. The van der Waals surface area contributed by atoms with Gasteiger partial charge in [0.05, 0.1) is 24.5 Å². The molecule has 2 saturated heterocycles. The molecule has 0 saturated carbocycles. The zero-order valence-corrected chi connectivity index (χ0v) is 11.2. The summed E-state index contributed by atoms with van der Waals surface area (Å²) >= 11 is 0. The van der Waals surface area contributed by atoms with Gasteiger partial charge in [0.25, 0.3) is 0 Å². The fraction of sp³-hybridized carbons (Fsp3) is 0.462. The largest absolute Gasteiger partial charge is 0.495 e. The van der Waals surface area contributed by atoms with Crippen LogP contribution in [0.4, 0.5) is 20.6 Å². The lowest BCUT2D eigenvalue weighted by atomic mass is 10.1. The first-order valence-electron chi connectivity index (χ1n) is 6.52. The molecular weight excluding hydrogens is 263 g/mol. The highest BCUT2D eigenvalue weighted by atomic mass is 19.1. The highest BCUT2D eigenvalue weighted by molar-refractivity contribution is 5.77. The highest BCUT2D eigenvalue weighted by Crippen LogP contribution is 2.32. The lowest BCUT2D eigenvalue weighted by Gasteiger charge is -2.38. The van der Waals surface area contributed by atoms with E-state index in [1.165, 1.54) is 13.2 Å². The number of nitrogens with one attached hydrogen (secondary N) is 1. The summed E-state index contributed by atoms with van der Waals surface area (Å²) in [7, 11) is 1.50. The summed E-state index contributed by atoms with van der Waals surface area (Å²) in [5.41, 5.74) is 6.44. The van der Waals surface area contributed by atoms with E-state index in [1.54, 1.807) is 11.0 Å². The summed E-state index contributed by atoms with van der Waals surface area (Å²) < 4.78 is 19.2. The molecule has 6 nitrogen and oxygen atoms in total. The van der Waals surface area contributed by atoms with Gasteiger partial charge in [-0.2, -0.15) is 0 Å². The Bertz CT molecular complexity index is 551. The maximum Gasteiger partial charge on any atom is 0.317 e. The number of rotatable bonds is 2. The van der Waals surface area contributed by atoms with Crippen molar-refractivity contribution < 1.29 is 13.9 Å². The minimum absolute atomic E-state index is 0.0370. The lowest BCUT2D eigenvalue weighted by Crippen LogP contribution is -2.52. The Morgan fingerprint density at radius 2 is 2.25 bits per heavy atom. The molecule has 0 aromatic heterocycles. The van der Waals surface area contributed by atoms with Crippen LogP contribution in [-0.4, -0.2) is 50.3 Å². The maximum absolute atomic E-state index is 14.1. The molecule has 3 rings (SSSR count). The Kier molecular flexibility index (Phi) is 3.04. The summed E-state index contributed by atoms with van der Waals surface area (Å²) in [5.74, 6) is 0.0958. The van der Waals surface area contributed by atoms with Crippen molar-refractivity contribution >= 4 is 17.4 Å². The molecule has 2 fully saturated rings. The van der Waals surface area contributed by atoms with Crippen molar-refractivity contribution in [3.63, 3.8) is 0 Å². The monoisotopic (exact) mass is 280 g/mol. The molecule has 0 aliphatic carbocycles. The van der Waals surface area contributed by atoms with Crippen LogP contribution in [0, 0.1) is 5.82 Å². The molecule has 1 unspecified atom stereocenters. The molecule has 1 atom stereocenters. The molecule has 1 aromatic carbocycles. The summed E-state index contributed by atoms with van der Waals surface area (Å²) in [6.45, 7) is 2.38. The van der Waals surface area contributed by atoms with E-state index in [2.05, 4.69) is 5.32 Å². The number of nitrogen functional groups attached to an aromatic ring is 1. The van der Waals surface area contributed by atoms with Crippen molar-refractivity contribution in [2.75, 3.05) is 43.9 Å². The van der Waals surface area contributed by atoms with E-state index in [4.69, 9.17) is 10.5 Å². The van der Waals surface area contributed by atoms with Crippen LogP contribution in [0.25, 0.3) is 0 Å². The normalized spacial score (nSPS) is 21.7. The third kappa shape index (κ3) is 1.99. The van der Waals surface area contributed by atoms with Crippen LogP contribution in [0.5, 0.6) is 5.75 Å². The fourth-order valence-corrected chi connectivity index (χ4v) is 2.80. The second kappa shape index (κ2) is 4.73. The van der Waals surface area contributed by atoms with Gasteiger partial charge in [0.15, 0.2) is 0 Å². The fourth-order valence-electron chi connectivity index (χ4n) is 2.80. The van der Waals surface area contributed by atoms with Crippen LogP contribution < -0.4 is 20.7 Å². The number of ether oxygens (including phenoxy) is 1. The minimum Gasteiger partial charge on any atom is -0.495 e. The van der Waals surface area contributed by atoms with Gasteiger partial charge < -0.3 is 25.6 Å². The van der Waals surface area contributed by atoms with Gasteiger partial charge in [0, 0.05) is 38.3 Å². The van der Waals surface area contributed by atoms with Crippen LogP contribution in [0.15, 0.2) is 12.1 Å². The highest BCUT2D eigenvalue weighted by Gasteiger charge is 2.36. The number of piperazine rings is 1. The number of halogens is 1. The number of amides is 2. The van der Waals surface area contributed by atoms with Crippen molar-refractivity contribution in [2.45, 2.75) is 6.04 Å².